The van der Waals surface area contributed by atoms with E-state index in [0.717, 1.165) is 0 Å². The molecule has 0 aromatic heterocycles. The van der Waals surface area contributed by atoms with Crippen LogP contribution in [0, 0.1) is 0 Å². The van der Waals surface area contributed by atoms with Gasteiger partial charge in [0.25, 0.3) is 0 Å². The van der Waals surface area contributed by atoms with Crippen LogP contribution in [0.3, 0.4) is 0 Å². The maximum absolute atomic E-state index is 10.8. The van der Waals surface area contributed by atoms with Crippen molar-refractivity contribution in [3.63, 3.8) is 0 Å². The lowest BCUT2D eigenvalue weighted by atomic mass is 10.1. The number of hydrogen-bond acceptors (Lipinski definition) is 7. The number of nitrogens with one attached hydrogen (secondary N) is 1. The van der Waals surface area contributed by atoms with E-state index in [4.69, 9.17) is 24.4 Å². The number of hydrogen-bond donors (Lipinski definition) is 5. The number of fused-ring (bicyclic) bond motifs is 1. The first-order valence-electron chi connectivity index (χ1n) is 9.68. The van der Waals surface area contributed by atoms with E-state index in [1.165, 1.54) is 4.57 Å². The van der Waals surface area contributed by atoms with Crippen molar-refractivity contribution in [2.45, 2.75) is 50.7 Å². The van der Waals surface area contributed by atoms with Crippen molar-refractivity contribution < 1.29 is 22.5 Å². The first kappa shape index (κ1) is 17.7. The van der Waals surface area contributed by atoms with Gasteiger partial charge < -0.3 is 31.6 Å². The summed E-state index contributed by atoms with van der Waals surface area (Å²) in [6.07, 6.45) is 2.92. The van der Waals surface area contributed by atoms with Crippen molar-refractivity contribution in [2.75, 3.05) is 11.9 Å². The molecular weight excluding hydrogens is 353 g/mol. The summed E-state index contributed by atoms with van der Waals surface area (Å²) in [6.45, 7) is -1.37. The summed E-state index contributed by atoms with van der Waals surface area (Å²) in [4.78, 5) is 30.2. The summed E-state index contributed by atoms with van der Waals surface area (Å²) in [5.41, 5.74) is 11.4. The molecule has 2 aliphatic rings. The van der Waals surface area contributed by atoms with Gasteiger partial charge in [-0.15, -0.1) is 0 Å². The van der Waals surface area contributed by atoms with Gasteiger partial charge in [-0.3, -0.25) is 9.59 Å². The van der Waals surface area contributed by atoms with Crippen molar-refractivity contribution in [1.82, 2.24) is 14.5 Å². The molecule has 2 rings (SSSR count). The van der Waals surface area contributed by atoms with Gasteiger partial charge in [0.15, 0.2) is 5.82 Å². The molecule has 2 heterocycles. The van der Waals surface area contributed by atoms with Gasteiger partial charge in [-0.2, -0.15) is 4.98 Å². The molecule has 7 N–H and O–H groups in total. The van der Waals surface area contributed by atoms with Gasteiger partial charge in [-0.05, 0) is 44.2 Å². The van der Waals surface area contributed by atoms with Crippen LogP contribution >= 0.6 is 0 Å². The molecule has 0 aromatic carbocycles. The summed E-state index contributed by atoms with van der Waals surface area (Å²) in [5, 5.41) is 20.6. The molecule has 0 aliphatic carbocycles. The third-order valence-electron chi connectivity index (χ3n) is 3.97. The summed E-state index contributed by atoms with van der Waals surface area (Å²) in [5.74, 6) is -1.49. The van der Waals surface area contributed by atoms with Crippen LogP contribution in [-0.4, -0.2) is 55.3 Å². The highest BCUT2D eigenvalue weighted by Crippen LogP contribution is 2.21. The number of nitrogens with zero attached hydrogens (tertiary/aromatic N) is 3. The topological polar surface area (TPSA) is 169 Å². The Morgan fingerprint density at radius 1 is 1.15 bits per heavy atom. The molecule has 148 valence electrons. The third-order valence-corrected chi connectivity index (χ3v) is 3.97. The molecule has 0 spiro atoms. The van der Waals surface area contributed by atoms with Crippen LogP contribution in [0.25, 0.3) is 11.5 Å². The number of carboxylic acid groups (broad SMARTS) is 2. The fraction of sp³-hybridized carbons (Fsp3) is 0.529. The van der Waals surface area contributed by atoms with E-state index < -0.39 is 30.5 Å². The number of nitrogens with two attached hydrogens (primary N) is 2. The molecule has 0 aromatic rings. The monoisotopic (exact) mass is 381 g/mol. The lowest BCUT2D eigenvalue weighted by Crippen LogP contribution is -2.30. The Morgan fingerprint density at radius 2 is 1.81 bits per heavy atom. The van der Waals surface area contributed by atoms with Crippen LogP contribution < -0.4 is 16.8 Å². The van der Waals surface area contributed by atoms with Gasteiger partial charge >= 0.3 is 11.9 Å². The number of imidazole rings is 1. The van der Waals surface area contributed by atoms with Crippen LogP contribution in [-0.2, 0) is 16.1 Å². The highest BCUT2D eigenvalue weighted by atomic mass is 16.4. The predicted molar refractivity (Wildman–Crippen MR) is 99.4 cm³/mol. The number of aliphatic carboxylic acids is 2. The summed E-state index contributed by atoms with van der Waals surface area (Å²) >= 11 is 0. The first-order valence-corrected chi connectivity index (χ1v) is 8.68. The Balaban J connectivity index is 2.01. The lowest BCUT2D eigenvalue weighted by Gasteiger charge is -2.11. The van der Waals surface area contributed by atoms with E-state index in [1.54, 1.807) is 18.3 Å². The third kappa shape index (κ3) is 6.19. The average molecular weight is 381 g/mol. The van der Waals surface area contributed by atoms with Crippen molar-refractivity contribution in [2.24, 2.45) is 11.5 Å². The van der Waals surface area contributed by atoms with E-state index in [9.17, 15) is 9.59 Å². The van der Waals surface area contributed by atoms with Gasteiger partial charge in [-0.25, -0.2) is 4.98 Å². The van der Waals surface area contributed by atoms with Crippen LogP contribution in [0.4, 0.5) is 5.95 Å². The van der Waals surface area contributed by atoms with Crippen LogP contribution in [0.2, 0.25) is 0 Å². The minimum absolute atomic E-state index is 0.0699. The molecule has 10 nitrogen and oxygen atoms in total. The molecule has 0 saturated carbocycles. The van der Waals surface area contributed by atoms with Crippen LogP contribution in [0.5, 0.6) is 0 Å². The zero-order chi connectivity index (χ0) is 21.6. The fourth-order valence-corrected chi connectivity index (χ4v) is 2.42. The Bertz CT molecular complexity index is 815. The number of aryl methyl sites for hydroxylation is 1. The first-order chi connectivity index (χ1) is 13.6. The maximum atomic E-state index is 10.8. The molecule has 2 aliphatic heterocycles. The molecule has 0 fully saturated rings. The van der Waals surface area contributed by atoms with Crippen molar-refractivity contribution in [3.8, 4) is 11.5 Å². The minimum Gasteiger partial charge on any atom is -0.480 e. The molecule has 0 amide bonds. The Morgan fingerprint density at radius 3 is 2.48 bits per heavy atom. The number of anilines is 1. The maximum Gasteiger partial charge on any atom is 0.320 e. The van der Waals surface area contributed by atoms with Crippen molar-refractivity contribution >= 4 is 17.9 Å². The molecule has 0 saturated heterocycles. The van der Waals surface area contributed by atoms with Gasteiger partial charge in [-0.1, -0.05) is 0 Å². The van der Waals surface area contributed by atoms with E-state index in [-0.39, 0.29) is 12.8 Å². The number of pyridine rings is 1. The summed E-state index contributed by atoms with van der Waals surface area (Å²) < 4.78 is 18.1. The predicted octanol–water partition coefficient (Wildman–Crippen LogP) is 0.569. The molecular formula is C17H26N6O4. The van der Waals surface area contributed by atoms with Crippen molar-refractivity contribution in [1.29, 1.82) is 0 Å². The minimum atomic E-state index is -1.80. The molecule has 0 unspecified atom stereocenters. The molecule has 0 radical (unpaired) electrons. The molecule has 2 atom stereocenters. The number of aromatic nitrogens is 3. The summed E-state index contributed by atoms with van der Waals surface area (Å²) in [6, 6.07) is 1.43. The standard InChI is InChI=1S/C17H26N6O4/c18-11(15(24)25)5-1-2-9-23-10-4-7-13-14(23)22-17(21-13)20-8-3-6-12(19)16(26)27/h4,7,10-12H,1-3,5-6,8-9,18-19H2,(H,20,21)(H,24,25)(H,26,27)/t11-,12-/m0/s1/i9+1D2. The second-order valence-electron chi connectivity index (χ2n) is 6.14. The van der Waals surface area contributed by atoms with Gasteiger partial charge in [0.05, 0.1) is 0 Å². The number of rotatable bonds is 12. The summed E-state index contributed by atoms with van der Waals surface area (Å²) in [7, 11) is 0. The van der Waals surface area contributed by atoms with E-state index in [2.05, 4.69) is 15.3 Å². The van der Waals surface area contributed by atoms with Crippen LogP contribution in [0.1, 0.15) is 34.8 Å². The second kappa shape index (κ2) is 9.83. The second-order valence-corrected chi connectivity index (χ2v) is 6.14. The highest BCUT2D eigenvalue weighted by Gasteiger charge is 2.15. The quantitative estimate of drug-likeness (QED) is 0.260. The Hall–Kier alpha value is -2.72. The Kier molecular flexibility index (Phi) is 6.44. The van der Waals surface area contributed by atoms with E-state index >= 15 is 0 Å². The zero-order valence-electron chi connectivity index (χ0n) is 16.8. The largest absolute Gasteiger partial charge is 0.480 e. The number of carbonyl (C=O) groups is 2. The highest BCUT2D eigenvalue weighted by molar-refractivity contribution is 5.73. The van der Waals surface area contributed by atoms with Crippen LogP contribution in [0.15, 0.2) is 18.3 Å². The average Bonchev–Trinajstić information content (AvgIpc) is 3.07. The smallest absolute Gasteiger partial charge is 0.320 e. The van der Waals surface area contributed by atoms with E-state index in [1.807, 2.05) is 0 Å². The zero-order valence-corrected chi connectivity index (χ0v) is 14.8. The normalized spacial score (nSPS) is 15.0. The fourth-order valence-electron chi connectivity index (χ4n) is 2.42. The van der Waals surface area contributed by atoms with Crippen molar-refractivity contribution in [3.05, 3.63) is 18.3 Å². The Labute approximate surface area is 159 Å². The molecule has 27 heavy (non-hydrogen) atoms. The molecule has 10 heteroatoms. The van der Waals surface area contributed by atoms with Gasteiger partial charge in [0.2, 0.25) is 5.95 Å². The van der Waals surface area contributed by atoms with Gasteiger partial charge in [0, 0.05) is 22.0 Å². The lowest BCUT2D eigenvalue weighted by molar-refractivity contribution is -0.139. The molecule has 0 bridgehead atoms. The SMILES string of the molecule is [2H][13C]([2H])(CCC[C@H](N)C(=O)O)n1cccc2nc(NCCC[C@H](N)C(=O)O)nc1-2. The number of carboxylic acids is 2. The van der Waals surface area contributed by atoms with Gasteiger partial charge in [0.1, 0.15) is 17.8 Å². The van der Waals surface area contributed by atoms with E-state index in [0.29, 0.717) is 43.3 Å².